The summed E-state index contributed by atoms with van der Waals surface area (Å²) in [5.41, 5.74) is -0.319. The number of non-ortho nitro benzene ring substituents is 1. The second-order valence-corrected chi connectivity index (χ2v) is 5.72. The second kappa shape index (κ2) is 9.79. The van der Waals surface area contributed by atoms with Crippen molar-refractivity contribution in [2.75, 3.05) is 25.2 Å². The Labute approximate surface area is 166 Å². The zero-order valence-corrected chi connectivity index (χ0v) is 15.6. The van der Waals surface area contributed by atoms with Gasteiger partial charge in [-0.3, -0.25) is 14.9 Å². The highest BCUT2D eigenvalue weighted by Crippen LogP contribution is 2.19. The quantitative estimate of drug-likeness (QED) is 0.290. The van der Waals surface area contributed by atoms with E-state index in [1.165, 1.54) is 11.0 Å². The molecule has 0 aromatic heterocycles. The third kappa shape index (κ3) is 5.48. The average molecular weight is 398 g/mol. The molecular weight excluding hydrogens is 380 g/mol. The van der Waals surface area contributed by atoms with Crippen molar-refractivity contribution in [1.82, 2.24) is 0 Å². The molecule has 0 fully saturated rings. The van der Waals surface area contributed by atoms with Crippen LogP contribution < -0.4 is 4.90 Å². The number of anilines is 1. The molecule has 0 heterocycles. The number of carbonyl (C=O) groups is 3. The fraction of sp³-hybridized carbons (Fsp3) is 0.150. The first-order valence-electron chi connectivity index (χ1n) is 8.38. The summed E-state index contributed by atoms with van der Waals surface area (Å²) in [5, 5.41) is 11.1. The van der Waals surface area contributed by atoms with Crippen molar-refractivity contribution in [1.29, 1.82) is 0 Å². The fourth-order valence-electron chi connectivity index (χ4n) is 2.45. The number of hydrogen-bond donors (Lipinski definition) is 0. The predicted molar refractivity (Wildman–Crippen MR) is 104 cm³/mol. The number of ether oxygens (including phenoxy) is 2. The van der Waals surface area contributed by atoms with Crippen LogP contribution in [-0.2, 0) is 14.3 Å². The van der Waals surface area contributed by atoms with Gasteiger partial charge in [-0.25, -0.2) is 9.59 Å². The number of methoxy groups -OCH3 is 1. The molecule has 0 unspecified atom stereocenters. The van der Waals surface area contributed by atoms with E-state index in [2.05, 4.69) is 11.3 Å². The first kappa shape index (κ1) is 21.3. The van der Waals surface area contributed by atoms with Gasteiger partial charge in [-0.1, -0.05) is 24.3 Å². The summed E-state index contributed by atoms with van der Waals surface area (Å²) in [6.45, 7) is 3.20. The van der Waals surface area contributed by atoms with Crippen LogP contribution in [0.15, 0.2) is 61.2 Å². The van der Waals surface area contributed by atoms with Crippen molar-refractivity contribution in [3.05, 3.63) is 82.4 Å². The predicted octanol–water partition coefficient (Wildman–Crippen LogP) is 2.76. The van der Waals surface area contributed by atoms with Gasteiger partial charge in [-0.15, -0.1) is 6.58 Å². The normalized spacial score (nSPS) is 9.97. The van der Waals surface area contributed by atoms with Crippen molar-refractivity contribution in [2.24, 2.45) is 0 Å². The molecule has 2 aromatic carbocycles. The minimum atomic E-state index is -0.987. The van der Waals surface area contributed by atoms with E-state index < -0.39 is 35.1 Å². The molecule has 0 aliphatic heterocycles. The molecule has 1 amide bonds. The molecule has 0 N–H and O–H groups in total. The SMILES string of the molecule is C=CCN(C(=O)COC(=O)c1cc(C(=O)OC)cc([N+](=O)[O-])c1)c1ccccc1. The smallest absolute Gasteiger partial charge is 0.338 e. The van der Waals surface area contributed by atoms with Gasteiger partial charge in [-0.05, 0) is 18.2 Å². The van der Waals surface area contributed by atoms with Crippen LogP contribution in [0.3, 0.4) is 0 Å². The zero-order chi connectivity index (χ0) is 21.4. The number of esters is 2. The van der Waals surface area contributed by atoms with Crippen molar-refractivity contribution in [3.63, 3.8) is 0 Å². The summed E-state index contributed by atoms with van der Waals surface area (Å²) < 4.78 is 9.53. The zero-order valence-electron chi connectivity index (χ0n) is 15.6. The summed E-state index contributed by atoms with van der Waals surface area (Å²) in [7, 11) is 1.11. The molecule has 0 aliphatic carbocycles. The molecule has 29 heavy (non-hydrogen) atoms. The first-order chi connectivity index (χ1) is 13.9. The van der Waals surface area contributed by atoms with Gasteiger partial charge in [-0.2, -0.15) is 0 Å². The van der Waals surface area contributed by atoms with E-state index in [0.29, 0.717) is 5.69 Å². The Morgan fingerprint density at radius 2 is 1.72 bits per heavy atom. The molecule has 0 atom stereocenters. The van der Waals surface area contributed by atoms with E-state index in [9.17, 15) is 24.5 Å². The summed E-state index contributed by atoms with van der Waals surface area (Å²) in [6.07, 6.45) is 1.52. The first-order valence-corrected chi connectivity index (χ1v) is 8.38. The lowest BCUT2D eigenvalue weighted by Crippen LogP contribution is -2.34. The van der Waals surface area contributed by atoms with Gasteiger partial charge in [0.25, 0.3) is 11.6 Å². The van der Waals surface area contributed by atoms with Crippen LogP contribution in [0.5, 0.6) is 0 Å². The monoisotopic (exact) mass is 398 g/mol. The highest BCUT2D eigenvalue weighted by molar-refractivity contribution is 5.99. The molecule has 0 aliphatic rings. The Hall–Kier alpha value is -4.01. The van der Waals surface area contributed by atoms with Crippen LogP contribution in [0.1, 0.15) is 20.7 Å². The van der Waals surface area contributed by atoms with Gasteiger partial charge in [0.1, 0.15) is 0 Å². The van der Waals surface area contributed by atoms with E-state index in [-0.39, 0.29) is 17.7 Å². The Morgan fingerprint density at radius 1 is 1.10 bits per heavy atom. The number of benzene rings is 2. The van der Waals surface area contributed by atoms with E-state index in [1.807, 2.05) is 0 Å². The molecule has 2 rings (SSSR count). The minimum absolute atomic E-state index is 0.183. The average Bonchev–Trinajstić information content (AvgIpc) is 2.75. The van der Waals surface area contributed by atoms with Crippen molar-refractivity contribution >= 4 is 29.2 Å². The summed E-state index contributed by atoms with van der Waals surface area (Å²) in [5.74, 6) is -2.35. The lowest BCUT2D eigenvalue weighted by molar-refractivity contribution is -0.384. The standard InChI is InChI=1S/C20H18N2O7/c1-3-9-21(16-7-5-4-6-8-16)18(23)13-29-20(25)15-10-14(19(24)28-2)11-17(12-15)22(26)27/h3-8,10-12H,1,9,13H2,2H3. The highest BCUT2D eigenvalue weighted by Gasteiger charge is 2.21. The Kier molecular flexibility index (Phi) is 7.19. The maximum absolute atomic E-state index is 12.5. The number of carbonyl (C=O) groups excluding carboxylic acids is 3. The molecule has 150 valence electrons. The van der Waals surface area contributed by atoms with E-state index >= 15 is 0 Å². The Balaban J connectivity index is 2.18. The number of amides is 1. The van der Waals surface area contributed by atoms with E-state index in [0.717, 1.165) is 25.3 Å². The van der Waals surface area contributed by atoms with Gasteiger partial charge in [0, 0.05) is 24.4 Å². The molecule has 0 radical (unpaired) electrons. The third-order valence-electron chi connectivity index (χ3n) is 3.79. The summed E-state index contributed by atoms with van der Waals surface area (Å²) in [4.78, 5) is 48.1. The molecule has 9 heteroatoms. The van der Waals surface area contributed by atoms with Crippen molar-refractivity contribution in [3.8, 4) is 0 Å². The molecule has 0 saturated heterocycles. The van der Waals surface area contributed by atoms with Crippen LogP contribution in [-0.4, -0.2) is 43.0 Å². The maximum Gasteiger partial charge on any atom is 0.338 e. The number of nitro groups is 1. The summed E-state index contributed by atoms with van der Waals surface area (Å²) >= 11 is 0. The topological polar surface area (TPSA) is 116 Å². The van der Waals surface area contributed by atoms with Crippen LogP contribution in [0, 0.1) is 10.1 Å². The van der Waals surface area contributed by atoms with Crippen LogP contribution in [0.4, 0.5) is 11.4 Å². The molecular formula is C20H18N2O7. The van der Waals surface area contributed by atoms with Crippen molar-refractivity contribution < 1.29 is 28.8 Å². The third-order valence-corrected chi connectivity index (χ3v) is 3.79. The Bertz CT molecular complexity index is 941. The van der Waals surface area contributed by atoms with Gasteiger partial charge >= 0.3 is 11.9 Å². The van der Waals surface area contributed by atoms with Crippen LogP contribution in [0.2, 0.25) is 0 Å². The second-order valence-electron chi connectivity index (χ2n) is 5.72. The molecule has 0 spiro atoms. The Morgan fingerprint density at radius 3 is 2.28 bits per heavy atom. The minimum Gasteiger partial charge on any atom is -0.465 e. The number of rotatable bonds is 8. The summed E-state index contributed by atoms with van der Waals surface area (Å²) in [6, 6.07) is 11.8. The largest absolute Gasteiger partial charge is 0.465 e. The van der Waals surface area contributed by atoms with Gasteiger partial charge < -0.3 is 14.4 Å². The molecule has 0 bridgehead atoms. The van der Waals surface area contributed by atoms with E-state index in [4.69, 9.17) is 4.74 Å². The molecule has 2 aromatic rings. The number of nitro benzene ring substituents is 1. The molecule has 0 saturated carbocycles. The highest BCUT2D eigenvalue weighted by atomic mass is 16.6. The number of para-hydroxylation sites is 1. The maximum atomic E-state index is 12.5. The lowest BCUT2D eigenvalue weighted by atomic mass is 10.1. The van der Waals surface area contributed by atoms with Gasteiger partial charge in [0.2, 0.25) is 0 Å². The van der Waals surface area contributed by atoms with Crippen LogP contribution in [0.25, 0.3) is 0 Å². The number of nitrogens with zero attached hydrogens (tertiary/aromatic N) is 2. The number of hydrogen-bond acceptors (Lipinski definition) is 7. The molecule has 9 nitrogen and oxygen atoms in total. The van der Waals surface area contributed by atoms with Gasteiger partial charge in [0.05, 0.1) is 23.2 Å². The van der Waals surface area contributed by atoms with Crippen molar-refractivity contribution in [2.45, 2.75) is 0 Å². The fourth-order valence-corrected chi connectivity index (χ4v) is 2.45. The van der Waals surface area contributed by atoms with Gasteiger partial charge in [0.15, 0.2) is 6.61 Å². The van der Waals surface area contributed by atoms with Crippen LogP contribution >= 0.6 is 0 Å². The van der Waals surface area contributed by atoms with E-state index in [1.54, 1.807) is 30.3 Å². The lowest BCUT2D eigenvalue weighted by Gasteiger charge is -2.21.